The molecule has 0 aromatic carbocycles. The minimum absolute atomic E-state index is 0.112. The van der Waals surface area contributed by atoms with Crippen molar-refractivity contribution in [2.45, 2.75) is 38.8 Å². The number of anilines is 2. The van der Waals surface area contributed by atoms with Crippen LogP contribution in [0.3, 0.4) is 0 Å². The summed E-state index contributed by atoms with van der Waals surface area (Å²) in [4.78, 5) is 11.4. The summed E-state index contributed by atoms with van der Waals surface area (Å²) in [5.74, 6) is 2.21. The number of aliphatic hydroxyl groups is 1. The molecule has 3 atom stereocenters. The summed E-state index contributed by atoms with van der Waals surface area (Å²) >= 11 is 0. The fourth-order valence-electron chi connectivity index (χ4n) is 5.58. The number of piperidine rings is 2. The van der Waals surface area contributed by atoms with Crippen LogP contribution in [0.4, 0.5) is 16.0 Å². The van der Waals surface area contributed by atoms with Crippen LogP contribution in [0.15, 0.2) is 48.9 Å². The molecule has 10 heteroatoms. The Morgan fingerprint density at radius 1 is 1.21 bits per heavy atom. The molecule has 1 aliphatic carbocycles. The SMILES string of the molecule is Cc1ccc(F)c(N[C@H]2C3C[C@H]2CN(c2ccc(-c4cc(OCC(C)(C)O)cn5ncc(C#N)c45)cn2)C3)n1. The van der Waals surface area contributed by atoms with Gasteiger partial charge in [0.05, 0.1) is 29.1 Å². The monoisotopic (exact) mass is 527 g/mol. The number of nitrogens with one attached hydrogen (secondary N) is 1. The topological polar surface area (TPSA) is 112 Å². The molecule has 9 nitrogen and oxygen atoms in total. The molecule has 7 rings (SSSR count). The number of aromatic nitrogens is 4. The maximum Gasteiger partial charge on any atom is 0.165 e. The van der Waals surface area contributed by atoms with Crippen molar-refractivity contribution < 1.29 is 14.2 Å². The Kier molecular flexibility index (Phi) is 6.11. The van der Waals surface area contributed by atoms with E-state index in [1.165, 1.54) is 12.3 Å². The number of nitrogens with zero attached hydrogens (tertiary/aromatic N) is 6. The van der Waals surface area contributed by atoms with Crippen molar-refractivity contribution in [1.82, 2.24) is 19.6 Å². The largest absolute Gasteiger partial charge is 0.489 e. The molecule has 2 aliphatic heterocycles. The lowest BCUT2D eigenvalue weighted by Gasteiger charge is -2.54. The van der Waals surface area contributed by atoms with Gasteiger partial charge in [-0.3, -0.25) is 0 Å². The molecule has 3 fully saturated rings. The molecule has 39 heavy (non-hydrogen) atoms. The Morgan fingerprint density at radius 2 is 2.00 bits per heavy atom. The van der Waals surface area contributed by atoms with Crippen LogP contribution < -0.4 is 15.0 Å². The third-order valence-corrected chi connectivity index (χ3v) is 7.50. The van der Waals surface area contributed by atoms with E-state index in [0.717, 1.165) is 42.1 Å². The van der Waals surface area contributed by atoms with Crippen molar-refractivity contribution in [1.29, 1.82) is 5.26 Å². The van der Waals surface area contributed by atoms with E-state index in [0.29, 0.717) is 34.5 Å². The molecule has 1 unspecified atom stereocenters. The molecule has 1 saturated carbocycles. The van der Waals surface area contributed by atoms with E-state index in [-0.39, 0.29) is 18.5 Å². The van der Waals surface area contributed by atoms with Gasteiger partial charge in [-0.15, -0.1) is 0 Å². The predicted molar refractivity (Wildman–Crippen MR) is 145 cm³/mol. The molecular formula is C29H30FN7O2. The lowest BCUT2D eigenvalue weighted by molar-refractivity contribution is 0.0283. The molecule has 2 N–H and O–H groups in total. The Morgan fingerprint density at radius 3 is 2.69 bits per heavy atom. The Hall–Kier alpha value is -4.23. The number of nitriles is 1. The first-order chi connectivity index (χ1) is 18.7. The van der Waals surface area contributed by atoms with Crippen molar-refractivity contribution in [3.63, 3.8) is 0 Å². The zero-order chi connectivity index (χ0) is 27.3. The zero-order valence-corrected chi connectivity index (χ0v) is 22.1. The predicted octanol–water partition coefficient (Wildman–Crippen LogP) is 4.20. The number of halogens is 1. The van der Waals surface area contributed by atoms with E-state index >= 15 is 0 Å². The molecule has 4 aromatic heterocycles. The first-order valence-electron chi connectivity index (χ1n) is 13.1. The summed E-state index contributed by atoms with van der Waals surface area (Å²) in [6.45, 7) is 7.00. The van der Waals surface area contributed by atoms with Gasteiger partial charge in [-0.1, -0.05) is 0 Å². The van der Waals surface area contributed by atoms with Gasteiger partial charge in [0, 0.05) is 42.1 Å². The summed E-state index contributed by atoms with van der Waals surface area (Å²) in [5, 5.41) is 27.4. The Labute approximate surface area is 225 Å². The van der Waals surface area contributed by atoms with Gasteiger partial charge in [0.15, 0.2) is 11.6 Å². The molecule has 0 amide bonds. The van der Waals surface area contributed by atoms with Crippen molar-refractivity contribution in [3.05, 3.63) is 66.0 Å². The van der Waals surface area contributed by atoms with Crippen LogP contribution in [-0.4, -0.2) is 56.0 Å². The maximum absolute atomic E-state index is 14.2. The van der Waals surface area contributed by atoms with Gasteiger partial charge in [-0.25, -0.2) is 18.9 Å². The molecule has 3 aliphatic rings. The van der Waals surface area contributed by atoms with Crippen molar-refractivity contribution in [2.24, 2.45) is 11.8 Å². The number of hydrogen-bond acceptors (Lipinski definition) is 8. The fraction of sp³-hybridized carbons (Fsp3) is 0.379. The summed E-state index contributed by atoms with van der Waals surface area (Å²) in [6.07, 6.45) is 6.15. The average molecular weight is 528 g/mol. The molecule has 2 saturated heterocycles. The highest BCUT2D eigenvalue weighted by Crippen LogP contribution is 2.43. The molecular weight excluding hydrogens is 497 g/mol. The third-order valence-electron chi connectivity index (χ3n) is 7.50. The molecule has 4 aromatic rings. The van der Waals surface area contributed by atoms with Crippen LogP contribution >= 0.6 is 0 Å². The van der Waals surface area contributed by atoms with Crippen LogP contribution in [0.25, 0.3) is 16.6 Å². The standard InChI is InChI=1S/C29H30FN7O2/c1-17-4-6-24(30)28(34-17)35-26-19-8-20(26)14-36(13-19)25-7-5-18(11-32-25)23-9-22(39-16-29(2,3)38)15-37-27(23)21(10-31)12-33-37/h4-7,9,11-12,15,19-20,26,38H,8,13-14,16H2,1-3H3,(H,34,35)/t19-,20?,26+/m0/s1. The van der Waals surface area contributed by atoms with Crippen molar-refractivity contribution in [2.75, 3.05) is 29.9 Å². The van der Waals surface area contributed by atoms with Gasteiger partial charge in [-0.2, -0.15) is 10.4 Å². The van der Waals surface area contributed by atoms with E-state index in [2.05, 4.69) is 26.4 Å². The molecule has 2 bridgehead atoms. The van der Waals surface area contributed by atoms with E-state index in [1.807, 2.05) is 25.1 Å². The van der Waals surface area contributed by atoms with Gasteiger partial charge in [0.1, 0.15) is 24.2 Å². The van der Waals surface area contributed by atoms with Crippen LogP contribution in [0.2, 0.25) is 0 Å². The summed E-state index contributed by atoms with van der Waals surface area (Å²) < 4.78 is 21.7. The van der Waals surface area contributed by atoms with Crippen LogP contribution in [0, 0.1) is 35.9 Å². The number of pyridine rings is 3. The Balaban J connectivity index is 1.21. The first-order valence-corrected chi connectivity index (χ1v) is 13.1. The third kappa shape index (κ3) is 4.86. The molecule has 6 heterocycles. The lowest BCUT2D eigenvalue weighted by atomic mass is 9.66. The van der Waals surface area contributed by atoms with Crippen LogP contribution in [-0.2, 0) is 0 Å². The quantitative estimate of drug-likeness (QED) is 0.368. The number of hydrogen-bond donors (Lipinski definition) is 2. The highest BCUT2D eigenvalue weighted by molar-refractivity contribution is 5.85. The smallest absolute Gasteiger partial charge is 0.165 e. The summed E-state index contributed by atoms with van der Waals surface area (Å²) in [6, 6.07) is 11.4. The van der Waals surface area contributed by atoms with E-state index in [1.54, 1.807) is 36.8 Å². The molecule has 200 valence electrons. The average Bonchev–Trinajstić information content (AvgIpc) is 3.35. The summed E-state index contributed by atoms with van der Waals surface area (Å²) in [5.41, 5.74) is 2.53. The van der Waals surface area contributed by atoms with Gasteiger partial charge >= 0.3 is 0 Å². The number of aryl methyl sites for hydroxylation is 1. The minimum atomic E-state index is -0.991. The number of ether oxygens (including phenoxy) is 1. The maximum atomic E-state index is 14.2. The second-order valence-corrected chi connectivity index (χ2v) is 11.2. The van der Waals surface area contributed by atoms with E-state index < -0.39 is 5.60 Å². The molecule has 0 spiro atoms. The summed E-state index contributed by atoms with van der Waals surface area (Å²) in [7, 11) is 0. The van der Waals surface area contributed by atoms with E-state index in [4.69, 9.17) is 9.72 Å². The van der Waals surface area contributed by atoms with Crippen molar-refractivity contribution >= 4 is 17.2 Å². The normalized spacial score (nSPS) is 20.4. The fourth-order valence-corrected chi connectivity index (χ4v) is 5.58. The lowest BCUT2D eigenvalue weighted by Crippen LogP contribution is -2.61. The number of rotatable bonds is 7. The van der Waals surface area contributed by atoms with Crippen LogP contribution in [0.5, 0.6) is 5.75 Å². The van der Waals surface area contributed by atoms with Gasteiger partial charge in [-0.05, 0) is 69.4 Å². The van der Waals surface area contributed by atoms with Gasteiger partial charge in [0.2, 0.25) is 0 Å². The van der Waals surface area contributed by atoms with Crippen LogP contribution in [0.1, 0.15) is 31.5 Å². The number of fused-ring (bicyclic) bond motifs is 3. The minimum Gasteiger partial charge on any atom is -0.489 e. The first kappa shape index (κ1) is 25.1. The van der Waals surface area contributed by atoms with E-state index in [9.17, 15) is 14.8 Å². The zero-order valence-electron chi connectivity index (χ0n) is 22.1. The highest BCUT2D eigenvalue weighted by Gasteiger charge is 2.47. The van der Waals surface area contributed by atoms with Gasteiger partial charge in [0.25, 0.3) is 0 Å². The van der Waals surface area contributed by atoms with Gasteiger partial charge < -0.3 is 20.1 Å². The van der Waals surface area contributed by atoms with Crippen molar-refractivity contribution in [3.8, 4) is 22.9 Å². The molecule has 0 radical (unpaired) electrons. The Bertz CT molecular complexity index is 1560. The second kappa shape index (κ2) is 9.50. The highest BCUT2D eigenvalue weighted by atomic mass is 19.1. The second-order valence-electron chi connectivity index (χ2n) is 11.2.